The second-order valence-electron chi connectivity index (χ2n) is 7.24. The smallest absolute Gasteiger partial charge is 0.00980 e. The van der Waals surface area contributed by atoms with E-state index < -0.39 is 0 Å². The molecule has 2 saturated carbocycles. The van der Waals surface area contributed by atoms with Gasteiger partial charge in [-0.05, 0) is 49.9 Å². The number of nitrogens with one attached hydrogen (secondary N) is 1. The standard InChI is InChI=1S/C18H35N/c1-4-7-15-8-6-9-17(12-10-15)19-18-13-11-16(5-2)14(18)3/h14-19H,4-13H2,1-3H3. The predicted octanol–water partition coefficient (Wildman–Crippen LogP) is 5.15. The fourth-order valence-electron chi connectivity index (χ4n) is 4.60. The Morgan fingerprint density at radius 3 is 2.47 bits per heavy atom. The summed E-state index contributed by atoms with van der Waals surface area (Å²) in [5.41, 5.74) is 0. The first-order valence-electron chi connectivity index (χ1n) is 9.00. The summed E-state index contributed by atoms with van der Waals surface area (Å²) in [6, 6.07) is 1.64. The Kier molecular flexibility index (Phi) is 6.19. The van der Waals surface area contributed by atoms with Crippen LogP contribution in [0.2, 0.25) is 0 Å². The highest BCUT2D eigenvalue weighted by atomic mass is 15.0. The zero-order valence-electron chi connectivity index (χ0n) is 13.5. The molecular formula is C18H35N. The molecule has 2 aliphatic carbocycles. The lowest BCUT2D eigenvalue weighted by molar-refractivity contribution is 0.305. The molecule has 2 rings (SSSR count). The summed E-state index contributed by atoms with van der Waals surface area (Å²) in [4.78, 5) is 0. The third kappa shape index (κ3) is 4.21. The average Bonchev–Trinajstić information content (AvgIpc) is 2.62. The maximum Gasteiger partial charge on any atom is 0.00980 e. The zero-order chi connectivity index (χ0) is 13.7. The molecule has 0 aromatic heterocycles. The number of hydrogen-bond acceptors (Lipinski definition) is 1. The predicted molar refractivity (Wildman–Crippen MR) is 84.4 cm³/mol. The first kappa shape index (κ1) is 15.4. The Balaban J connectivity index is 1.77. The molecule has 19 heavy (non-hydrogen) atoms. The minimum Gasteiger partial charge on any atom is -0.311 e. The monoisotopic (exact) mass is 265 g/mol. The summed E-state index contributed by atoms with van der Waals surface area (Å²) in [5, 5.41) is 4.03. The van der Waals surface area contributed by atoms with Crippen LogP contribution >= 0.6 is 0 Å². The SMILES string of the molecule is CCCC1CCCC(NC2CCC(CC)C2C)CC1. The van der Waals surface area contributed by atoms with Gasteiger partial charge in [-0.2, -0.15) is 0 Å². The van der Waals surface area contributed by atoms with E-state index in [9.17, 15) is 0 Å². The van der Waals surface area contributed by atoms with Crippen molar-refractivity contribution in [1.82, 2.24) is 5.32 Å². The van der Waals surface area contributed by atoms with E-state index in [1.54, 1.807) is 0 Å². The Bertz CT molecular complexity index is 250. The number of hydrogen-bond donors (Lipinski definition) is 1. The van der Waals surface area contributed by atoms with Crippen molar-refractivity contribution in [1.29, 1.82) is 0 Å². The molecule has 5 unspecified atom stereocenters. The summed E-state index contributed by atoms with van der Waals surface area (Å²) in [6.07, 6.45) is 14.4. The van der Waals surface area contributed by atoms with Crippen LogP contribution in [0, 0.1) is 17.8 Å². The minimum absolute atomic E-state index is 0.817. The lowest BCUT2D eigenvalue weighted by Gasteiger charge is -2.26. The van der Waals surface area contributed by atoms with Gasteiger partial charge in [-0.25, -0.2) is 0 Å². The molecule has 0 saturated heterocycles. The third-order valence-corrected chi connectivity index (χ3v) is 5.99. The van der Waals surface area contributed by atoms with Crippen molar-refractivity contribution in [2.75, 3.05) is 0 Å². The van der Waals surface area contributed by atoms with E-state index in [0.717, 1.165) is 29.8 Å². The third-order valence-electron chi connectivity index (χ3n) is 5.99. The molecule has 0 aromatic carbocycles. The molecule has 1 N–H and O–H groups in total. The van der Waals surface area contributed by atoms with E-state index in [1.807, 2.05) is 0 Å². The van der Waals surface area contributed by atoms with Gasteiger partial charge >= 0.3 is 0 Å². The van der Waals surface area contributed by atoms with E-state index in [1.165, 1.54) is 64.2 Å². The molecule has 1 nitrogen and oxygen atoms in total. The summed E-state index contributed by atoms with van der Waals surface area (Å²) in [6.45, 7) is 7.19. The lowest BCUT2D eigenvalue weighted by Crippen LogP contribution is -2.40. The topological polar surface area (TPSA) is 12.0 Å². The highest BCUT2D eigenvalue weighted by Gasteiger charge is 2.32. The fraction of sp³-hybridized carbons (Fsp3) is 1.00. The molecule has 0 amide bonds. The molecule has 0 aliphatic heterocycles. The van der Waals surface area contributed by atoms with Crippen molar-refractivity contribution in [3.05, 3.63) is 0 Å². The molecular weight excluding hydrogens is 230 g/mol. The summed E-state index contributed by atoms with van der Waals surface area (Å²) < 4.78 is 0. The van der Waals surface area contributed by atoms with Crippen LogP contribution in [-0.4, -0.2) is 12.1 Å². The Hall–Kier alpha value is -0.0400. The van der Waals surface area contributed by atoms with Crippen molar-refractivity contribution in [3.8, 4) is 0 Å². The van der Waals surface area contributed by atoms with Crippen molar-refractivity contribution in [2.24, 2.45) is 17.8 Å². The van der Waals surface area contributed by atoms with E-state index in [0.29, 0.717) is 0 Å². The van der Waals surface area contributed by atoms with Crippen molar-refractivity contribution in [2.45, 2.75) is 97.1 Å². The van der Waals surface area contributed by atoms with Crippen molar-refractivity contribution < 1.29 is 0 Å². The van der Waals surface area contributed by atoms with Gasteiger partial charge in [0.2, 0.25) is 0 Å². The summed E-state index contributed by atoms with van der Waals surface area (Å²) in [5.74, 6) is 2.91. The van der Waals surface area contributed by atoms with E-state index in [4.69, 9.17) is 0 Å². The minimum atomic E-state index is 0.817. The first-order chi connectivity index (χ1) is 9.24. The Labute approximate surface area is 120 Å². The lowest BCUT2D eigenvalue weighted by atomic mass is 9.92. The second-order valence-corrected chi connectivity index (χ2v) is 7.24. The molecule has 5 atom stereocenters. The molecule has 112 valence electrons. The van der Waals surface area contributed by atoms with E-state index in [-0.39, 0.29) is 0 Å². The molecule has 0 spiro atoms. The molecule has 2 aliphatic rings. The molecule has 2 fully saturated rings. The molecule has 0 aromatic rings. The molecule has 0 bridgehead atoms. The average molecular weight is 265 g/mol. The van der Waals surface area contributed by atoms with Crippen LogP contribution in [0.15, 0.2) is 0 Å². The van der Waals surface area contributed by atoms with E-state index >= 15 is 0 Å². The normalized spacial score (nSPS) is 40.3. The highest BCUT2D eigenvalue weighted by molar-refractivity contribution is 4.89. The molecule has 1 heteroatoms. The first-order valence-corrected chi connectivity index (χ1v) is 9.00. The van der Waals surface area contributed by atoms with Crippen molar-refractivity contribution >= 4 is 0 Å². The number of rotatable bonds is 5. The van der Waals surface area contributed by atoms with Crippen LogP contribution < -0.4 is 5.32 Å². The van der Waals surface area contributed by atoms with Gasteiger partial charge in [0.05, 0.1) is 0 Å². The van der Waals surface area contributed by atoms with Gasteiger partial charge in [-0.1, -0.05) is 52.9 Å². The quantitative estimate of drug-likeness (QED) is 0.678. The van der Waals surface area contributed by atoms with Crippen LogP contribution in [-0.2, 0) is 0 Å². The maximum atomic E-state index is 4.03. The van der Waals surface area contributed by atoms with Gasteiger partial charge < -0.3 is 5.32 Å². The highest BCUT2D eigenvalue weighted by Crippen LogP contribution is 2.35. The second kappa shape index (κ2) is 7.67. The van der Waals surface area contributed by atoms with Crippen LogP contribution in [0.25, 0.3) is 0 Å². The van der Waals surface area contributed by atoms with Gasteiger partial charge in [-0.3, -0.25) is 0 Å². The van der Waals surface area contributed by atoms with Gasteiger partial charge in [0.25, 0.3) is 0 Å². The zero-order valence-corrected chi connectivity index (χ0v) is 13.5. The summed E-state index contributed by atoms with van der Waals surface area (Å²) >= 11 is 0. The fourth-order valence-corrected chi connectivity index (χ4v) is 4.60. The van der Waals surface area contributed by atoms with Crippen LogP contribution in [0.4, 0.5) is 0 Å². The molecule has 0 heterocycles. The van der Waals surface area contributed by atoms with Gasteiger partial charge in [-0.15, -0.1) is 0 Å². The maximum absolute atomic E-state index is 4.03. The van der Waals surface area contributed by atoms with Crippen LogP contribution in [0.5, 0.6) is 0 Å². The van der Waals surface area contributed by atoms with Gasteiger partial charge in [0, 0.05) is 12.1 Å². The van der Waals surface area contributed by atoms with E-state index in [2.05, 4.69) is 26.1 Å². The largest absolute Gasteiger partial charge is 0.311 e. The van der Waals surface area contributed by atoms with Gasteiger partial charge in [0.1, 0.15) is 0 Å². The van der Waals surface area contributed by atoms with Crippen LogP contribution in [0.3, 0.4) is 0 Å². The Morgan fingerprint density at radius 1 is 0.947 bits per heavy atom. The van der Waals surface area contributed by atoms with Crippen LogP contribution in [0.1, 0.15) is 85.0 Å². The van der Waals surface area contributed by atoms with Gasteiger partial charge in [0.15, 0.2) is 0 Å². The molecule has 0 radical (unpaired) electrons. The van der Waals surface area contributed by atoms with Crippen molar-refractivity contribution in [3.63, 3.8) is 0 Å². The Morgan fingerprint density at radius 2 is 1.79 bits per heavy atom. The summed E-state index contributed by atoms with van der Waals surface area (Å²) in [7, 11) is 0.